The van der Waals surface area contributed by atoms with Crippen LogP contribution in [0.2, 0.25) is 0 Å². The molecule has 0 aromatic heterocycles. The molecule has 0 aliphatic heterocycles. The third kappa shape index (κ3) is 3.94. The van der Waals surface area contributed by atoms with Gasteiger partial charge in [-0.15, -0.1) is 0 Å². The second kappa shape index (κ2) is 5.92. The molecule has 0 unspecified atom stereocenters. The monoisotopic (exact) mass is 284 g/mol. The smallest absolute Gasteiger partial charge is 0.264 e. The van der Waals surface area contributed by atoms with Crippen LogP contribution < -0.4 is 4.74 Å². The maximum absolute atomic E-state index is 11.4. The van der Waals surface area contributed by atoms with Gasteiger partial charge in [0, 0.05) is 5.92 Å². The molecular formula is C14H20O4S. The average molecular weight is 284 g/mol. The van der Waals surface area contributed by atoms with Crippen molar-refractivity contribution in [1.29, 1.82) is 0 Å². The molecule has 0 spiro atoms. The van der Waals surface area contributed by atoms with E-state index >= 15 is 0 Å². The number of hydrogen-bond donors (Lipinski definition) is 0. The fourth-order valence-corrected chi connectivity index (χ4v) is 3.37. The highest BCUT2D eigenvalue weighted by Crippen LogP contribution is 2.36. The van der Waals surface area contributed by atoms with Gasteiger partial charge in [-0.25, -0.2) is 0 Å². The van der Waals surface area contributed by atoms with Crippen LogP contribution in [0.5, 0.6) is 5.75 Å². The zero-order chi connectivity index (χ0) is 13.9. The summed E-state index contributed by atoms with van der Waals surface area (Å²) in [7, 11) is -1.78. The van der Waals surface area contributed by atoms with Crippen molar-refractivity contribution in [3.63, 3.8) is 0 Å². The van der Waals surface area contributed by atoms with E-state index in [9.17, 15) is 8.42 Å². The van der Waals surface area contributed by atoms with Crippen LogP contribution in [0.4, 0.5) is 0 Å². The van der Waals surface area contributed by atoms with Crippen molar-refractivity contribution in [2.45, 2.75) is 37.7 Å². The van der Waals surface area contributed by atoms with Gasteiger partial charge >= 0.3 is 0 Å². The van der Waals surface area contributed by atoms with Gasteiger partial charge in [-0.2, -0.15) is 8.42 Å². The van der Waals surface area contributed by atoms with Gasteiger partial charge < -0.3 is 4.74 Å². The van der Waals surface area contributed by atoms with Crippen LogP contribution in [0, 0.1) is 0 Å². The van der Waals surface area contributed by atoms with E-state index < -0.39 is 10.1 Å². The summed E-state index contributed by atoms with van der Waals surface area (Å²) in [6, 6.07) is 7.80. The number of rotatable bonds is 4. The van der Waals surface area contributed by atoms with Gasteiger partial charge in [-0.05, 0) is 30.5 Å². The first kappa shape index (κ1) is 14.3. The minimum absolute atomic E-state index is 0.124. The largest absolute Gasteiger partial charge is 0.497 e. The van der Waals surface area contributed by atoms with Gasteiger partial charge in [0.2, 0.25) is 0 Å². The van der Waals surface area contributed by atoms with Crippen molar-refractivity contribution in [2.75, 3.05) is 13.4 Å². The summed E-state index contributed by atoms with van der Waals surface area (Å²) in [6.45, 7) is 0. The molecule has 5 heteroatoms. The molecule has 4 nitrogen and oxygen atoms in total. The Balaban J connectivity index is 2.23. The molecule has 1 saturated carbocycles. The Bertz CT molecular complexity index is 524. The van der Waals surface area contributed by atoms with Crippen molar-refractivity contribution >= 4 is 10.1 Å². The van der Waals surface area contributed by atoms with Gasteiger partial charge in [-0.3, -0.25) is 4.18 Å². The second-order valence-electron chi connectivity index (χ2n) is 5.01. The molecule has 1 aliphatic carbocycles. The van der Waals surface area contributed by atoms with Crippen LogP contribution >= 0.6 is 0 Å². The number of ether oxygens (including phenoxy) is 1. The lowest BCUT2D eigenvalue weighted by atomic mass is 9.82. The Morgan fingerprint density at radius 2 is 1.95 bits per heavy atom. The highest BCUT2D eigenvalue weighted by molar-refractivity contribution is 7.86. The van der Waals surface area contributed by atoms with Crippen LogP contribution in [-0.4, -0.2) is 27.9 Å². The molecule has 2 rings (SSSR count). The highest BCUT2D eigenvalue weighted by Gasteiger charge is 2.30. The third-order valence-electron chi connectivity index (χ3n) is 3.52. The van der Waals surface area contributed by atoms with Crippen molar-refractivity contribution in [3.05, 3.63) is 29.8 Å². The molecule has 0 heterocycles. The lowest BCUT2D eigenvalue weighted by molar-refractivity contribution is 0.138. The fourth-order valence-electron chi connectivity index (χ4n) is 2.69. The Morgan fingerprint density at radius 3 is 2.63 bits per heavy atom. The molecule has 19 heavy (non-hydrogen) atoms. The summed E-state index contributed by atoms with van der Waals surface area (Å²) in [5.74, 6) is 0.916. The Morgan fingerprint density at radius 1 is 1.21 bits per heavy atom. The Hall–Kier alpha value is -1.07. The van der Waals surface area contributed by atoms with Crippen molar-refractivity contribution in [1.82, 2.24) is 0 Å². The summed E-state index contributed by atoms with van der Waals surface area (Å²) < 4.78 is 33.2. The van der Waals surface area contributed by atoms with E-state index in [0.29, 0.717) is 0 Å². The number of hydrogen-bond acceptors (Lipinski definition) is 4. The van der Waals surface area contributed by atoms with Gasteiger partial charge in [0.25, 0.3) is 10.1 Å². The molecule has 1 aromatic carbocycles. The Kier molecular flexibility index (Phi) is 4.47. The molecule has 0 N–H and O–H groups in total. The van der Waals surface area contributed by atoms with Crippen LogP contribution in [0.1, 0.15) is 37.2 Å². The molecule has 1 aliphatic rings. The predicted octanol–water partition coefficient (Wildman–Crippen LogP) is 2.70. The molecule has 0 saturated heterocycles. The maximum Gasteiger partial charge on any atom is 0.264 e. The summed E-state index contributed by atoms with van der Waals surface area (Å²) in [5.41, 5.74) is 1.09. The second-order valence-corrected chi connectivity index (χ2v) is 6.61. The van der Waals surface area contributed by atoms with Crippen LogP contribution in [0.25, 0.3) is 0 Å². The SMILES string of the molecule is COc1cccc([C@@H]2CCCC[C@H]2OS(C)(=O)=O)c1. The quantitative estimate of drug-likeness (QED) is 0.798. The van der Waals surface area contributed by atoms with E-state index in [4.69, 9.17) is 8.92 Å². The standard InChI is InChI=1S/C14H20O4S/c1-17-12-7-5-6-11(10-12)13-8-3-4-9-14(13)18-19(2,15)16/h5-7,10,13-14H,3-4,8-9H2,1-2H3/t13-,14+/m0/s1. The fraction of sp³-hybridized carbons (Fsp3) is 0.571. The van der Waals surface area contributed by atoms with Gasteiger partial charge in [0.15, 0.2) is 0 Å². The van der Waals surface area contributed by atoms with E-state index in [1.54, 1.807) is 7.11 Å². The first-order valence-electron chi connectivity index (χ1n) is 6.52. The molecule has 0 amide bonds. The zero-order valence-electron chi connectivity index (χ0n) is 11.3. The summed E-state index contributed by atoms with van der Waals surface area (Å²) >= 11 is 0. The van der Waals surface area contributed by atoms with E-state index in [2.05, 4.69) is 0 Å². The third-order valence-corrected chi connectivity index (χ3v) is 4.12. The molecule has 106 valence electrons. The van der Waals surface area contributed by atoms with Gasteiger partial charge in [0.1, 0.15) is 5.75 Å². The van der Waals surface area contributed by atoms with Gasteiger partial charge in [-0.1, -0.05) is 25.0 Å². The molecule has 2 atom stereocenters. The highest BCUT2D eigenvalue weighted by atomic mass is 32.2. The predicted molar refractivity (Wildman–Crippen MR) is 73.9 cm³/mol. The van der Waals surface area contributed by atoms with Crippen LogP contribution in [0.15, 0.2) is 24.3 Å². The summed E-state index contributed by atoms with van der Waals surface area (Å²) in [5, 5.41) is 0. The van der Waals surface area contributed by atoms with Crippen molar-refractivity contribution < 1.29 is 17.3 Å². The minimum Gasteiger partial charge on any atom is -0.497 e. The van der Waals surface area contributed by atoms with E-state index in [0.717, 1.165) is 43.3 Å². The lowest BCUT2D eigenvalue weighted by Crippen LogP contribution is -2.28. The number of methoxy groups -OCH3 is 1. The molecule has 0 radical (unpaired) electrons. The normalized spacial score (nSPS) is 24.1. The summed E-state index contributed by atoms with van der Waals surface area (Å²) in [4.78, 5) is 0. The molecule has 1 fully saturated rings. The van der Waals surface area contributed by atoms with Crippen LogP contribution in [-0.2, 0) is 14.3 Å². The topological polar surface area (TPSA) is 52.6 Å². The van der Waals surface area contributed by atoms with Crippen molar-refractivity contribution in [3.8, 4) is 5.75 Å². The lowest BCUT2D eigenvalue weighted by Gasteiger charge is -2.31. The minimum atomic E-state index is -3.41. The van der Waals surface area contributed by atoms with E-state index in [1.807, 2.05) is 24.3 Å². The van der Waals surface area contributed by atoms with Crippen molar-refractivity contribution in [2.24, 2.45) is 0 Å². The van der Waals surface area contributed by atoms with E-state index in [1.165, 1.54) is 0 Å². The maximum atomic E-state index is 11.4. The Labute approximate surface area is 114 Å². The van der Waals surface area contributed by atoms with Crippen LogP contribution in [0.3, 0.4) is 0 Å². The zero-order valence-corrected chi connectivity index (χ0v) is 12.2. The molecule has 1 aromatic rings. The van der Waals surface area contributed by atoms with Gasteiger partial charge in [0.05, 0.1) is 19.5 Å². The average Bonchev–Trinajstić information content (AvgIpc) is 2.37. The molecule has 0 bridgehead atoms. The summed E-state index contributed by atoms with van der Waals surface area (Å²) in [6.07, 6.45) is 4.72. The van der Waals surface area contributed by atoms with E-state index in [-0.39, 0.29) is 12.0 Å². The number of benzene rings is 1. The first-order valence-corrected chi connectivity index (χ1v) is 8.33. The first-order chi connectivity index (χ1) is 8.99. The molecular weight excluding hydrogens is 264 g/mol.